The van der Waals surface area contributed by atoms with E-state index in [1.807, 2.05) is 52.8 Å². The normalized spacial score (nSPS) is 22.7. The number of carbonyl (C=O) groups excluding carboxylic acids is 4. The summed E-state index contributed by atoms with van der Waals surface area (Å²) in [5.74, 6) is -0.815. The highest BCUT2D eigenvalue weighted by Gasteiger charge is 2.69. The highest BCUT2D eigenvalue weighted by molar-refractivity contribution is 6.02. The summed E-state index contributed by atoms with van der Waals surface area (Å²) in [6.45, 7) is 13.3. The number of aliphatic hydroxyl groups excluding tert-OH is 1. The molecule has 1 aromatic carbocycles. The number of nitrogens with zero attached hydrogens (tertiary/aromatic N) is 1. The van der Waals surface area contributed by atoms with Crippen molar-refractivity contribution in [2.75, 3.05) is 20.3 Å². The van der Waals surface area contributed by atoms with Crippen LogP contribution in [0.15, 0.2) is 24.3 Å². The number of H-pyrrole nitrogens is 1. The number of aromatic nitrogens is 1. The molecule has 2 heterocycles. The number of aliphatic hydroxyl groups is 1. The number of fused-ring (bicyclic) bond motifs is 2. The van der Waals surface area contributed by atoms with Gasteiger partial charge in [0.15, 0.2) is 5.78 Å². The van der Waals surface area contributed by atoms with Crippen LogP contribution in [0.3, 0.4) is 0 Å². The topological polar surface area (TPSA) is 141 Å². The van der Waals surface area contributed by atoms with E-state index in [9.17, 15) is 24.3 Å². The molecule has 1 aliphatic carbocycles. The number of likely N-dealkylation sites (tertiary alicyclic amines) is 1. The van der Waals surface area contributed by atoms with Crippen molar-refractivity contribution in [2.24, 2.45) is 28.6 Å². The van der Waals surface area contributed by atoms with Crippen LogP contribution in [-0.2, 0) is 14.4 Å². The summed E-state index contributed by atoms with van der Waals surface area (Å²) < 4.78 is 5.41. The molecule has 2 fully saturated rings. The number of aromatic amines is 1. The Labute approximate surface area is 241 Å². The van der Waals surface area contributed by atoms with E-state index in [-0.39, 0.29) is 29.1 Å². The minimum Gasteiger partial charge on any atom is -0.496 e. The average molecular weight is 569 g/mol. The molecule has 2 aliphatic rings. The highest BCUT2D eigenvalue weighted by atomic mass is 16.5. The maximum absolute atomic E-state index is 14.1. The molecule has 2 aromatic rings. The average Bonchev–Trinajstić information content (AvgIpc) is 3.28. The summed E-state index contributed by atoms with van der Waals surface area (Å²) in [5, 5.41) is 16.1. The van der Waals surface area contributed by atoms with Gasteiger partial charge in [-0.1, -0.05) is 54.5 Å². The second kappa shape index (κ2) is 11.1. The van der Waals surface area contributed by atoms with Gasteiger partial charge in [-0.25, -0.2) is 0 Å². The van der Waals surface area contributed by atoms with E-state index in [0.717, 1.165) is 10.9 Å². The standard InChI is InChI=1S/C31H44N4O6/c1-16(2)12-21(33-27(38)20-13-17-19(32-20)10-9-11-23(17)41-8)29(40)35-14-18-24(31(18,6)7)25(35)28(39)34-26(22(37)15-36)30(3,4)5/h9-11,13,16,18,21,24-26,32,36H,12,14-15H2,1-8H3,(H,33,38)(H,34,39)/t18-,21-,24-,25-,26+/m0/s1. The third-order valence-corrected chi connectivity index (χ3v) is 8.79. The lowest BCUT2D eigenvalue weighted by molar-refractivity contribution is -0.143. The van der Waals surface area contributed by atoms with Crippen molar-refractivity contribution in [1.29, 1.82) is 0 Å². The third kappa shape index (κ3) is 5.84. The lowest BCUT2D eigenvalue weighted by atomic mass is 9.84. The maximum atomic E-state index is 14.1. The molecule has 0 unspecified atom stereocenters. The van der Waals surface area contributed by atoms with Gasteiger partial charge in [-0.15, -0.1) is 0 Å². The molecular formula is C31H44N4O6. The van der Waals surface area contributed by atoms with Crippen molar-refractivity contribution in [3.8, 4) is 5.75 Å². The number of carbonyl (C=O) groups is 4. The number of piperidine rings is 1. The van der Waals surface area contributed by atoms with Gasteiger partial charge in [-0.3, -0.25) is 19.2 Å². The van der Waals surface area contributed by atoms with Crippen LogP contribution in [0.2, 0.25) is 0 Å². The van der Waals surface area contributed by atoms with Crippen molar-refractivity contribution in [2.45, 2.75) is 73.0 Å². The number of amides is 3. The quantitative estimate of drug-likeness (QED) is 0.347. The summed E-state index contributed by atoms with van der Waals surface area (Å²) in [6.07, 6.45) is 0.394. The predicted molar refractivity (Wildman–Crippen MR) is 155 cm³/mol. The van der Waals surface area contributed by atoms with Crippen LogP contribution in [0.1, 0.15) is 65.4 Å². The van der Waals surface area contributed by atoms with Gasteiger partial charge in [0, 0.05) is 17.4 Å². The molecule has 224 valence electrons. The lowest BCUT2D eigenvalue weighted by Gasteiger charge is -2.36. The van der Waals surface area contributed by atoms with Gasteiger partial charge < -0.3 is 30.4 Å². The van der Waals surface area contributed by atoms with Crippen molar-refractivity contribution in [3.05, 3.63) is 30.0 Å². The van der Waals surface area contributed by atoms with E-state index in [4.69, 9.17) is 4.74 Å². The Morgan fingerprint density at radius 2 is 1.85 bits per heavy atom. The Morgan fingerprint density at radius 1 is 1.17 bits per heavy atom. The van der Waals surface area contributed by atoms with Crippen LogP contribution in [-0.4, -0.2) is 76.9 Å². The zero-order valence-corrected chi connectivity index (χ0v) is 25.3. The minimum atomic E-state index is -0.900. The first kappa shape index (κ1) is 30.6. The Bertz CT molecular complexity index is 1340. The van der Waals surface area contributed by atoms with Gasteiger partial charge in [0.2, 0.25) is 11.8 Å². The molecule has 4 N–H and O–H groups in total. The summed E-state index contributed by atoms with van der Waals surface area (Å²) in [4.78, 5) is 58.5. The first-order chi connectivity index (χ1) is 19.1. The molecule has 5 atom stereocenters. The Kier molecular flexibility index (Phi) is 8.28. The first-order valence-electron chi connectivity index (χ1n) is 14.3. The van der Waals surface area contributed by atoms with Gasteiger partial charge in [-0.05, 0) is 53.2 Å². The minimum absolute atomic E-state index is 0.0622. The number of ketones is 1. The first-order valence-corrected chi connectivity index (χ1v) is 14.3. The van der Waals surface area contributed by atoms with E-state index in [1.54, 1.807) is 18.1 Å². The number of hydrogen-bond acceptors (Lipinski definition) is 6. The Balaban J connectivity index is 1.59. The van der Waals surface area contributed by atoms with Crippen LogP contribution in [0.5, 0.6) is 5.75 Å². The van der Waals surface area contributed by atoms with E-state index in [2.05, 4.69) is 29.5 Å². The molecule has 1 aromatic heterocycles. The fraction of sp³-hybridized carbons (Fsp3) is 0.613. The van der Waals surface area contributed by atoms with E-state index < -0.39 is 47.7 Å². The zero-order chi connectivity index (χ0) is 30.4. The monoisotopic (exact) mass is 568 g/mol. The predicted octanol–water partition coefficient (Wildman–Crippen LogP) is 2.90. The van der Waals surface area contributed by atoms with Crippen molar-refractivity contribution >= 4 is 34.4 Å². The van der Waals surface area contributed by atoms with Crippen LogP contribution < -0.4 is 15.4 Å². The molecule has 1 saturated heterocycles. The summed E-state index contributed by atoms with van der Waals surface area (Å²) >= 11 is 0. The molecular weight excluding hydrogens is 524 g/mol. The van der Waals surface area contributed by atoms with Crippen LogP contribution in [0, 0.1) is 28.6 Å². The Hall–Kier alpha value is -3.40. The number of ether oxygens (including phenoxy) is 1. The van der Waals surface area contributed by atoms with Crippen LogP contribution in [0.4, 0.5) is 0 Å². The number of hydrogen-bond donors (Lipinski definition) is 4. The molecule has 0 bridgehead atoms. The van der Waals surface area contributed by atoms with E-state index >= 15 is 0 Å². The smallest absolute Gasteiger partial charge is 0.268 e. The molecule has 4 rings (SSSR count). The number of nitrogens with one attached hydrogen (secondary N) is 3. The van der Waals surface area contributed by atoms with Gasteiger partial charge in [-0.2, -0.15) is 0 Å². The van der Waals surface area contributed by atoms with Gasteiger partial charge in [0.25, 0.3) is 5.91 Å². The summed E-state index contributed by atoms with van der Waals surface area (Å²) in [5.41, 5.74) is 0.293. The largest absolute Gasteiger partial charge is 0.496 e. The van der Waals surface area contributed by atoms with Gasteiger partial charge >= 0.3 is 0 Å². The highest BCUT2D eigenvalue weighted by Crippen LogP contribution is 2.65. The second-order valence-electron chi connectivity index (χ2n) is 13.6. The van der Waals surface area contributed by atoms with Crippen LogP contribution in [0.25, 0.3) is 10.9 Å². The third-order valence-electron chi connectivity index (χ3n) is 8.79. The van der Waals surface area contributed by atoms with Gasteiger partial charge in [0.05, 0.1) is 13.2 Å². The Morgan fingerprint density at radius 3 is 2.44 bits per heavy atom. The maximum Gasteiger partial charge on any atom is 0.268 e. The van der Waals surface area contributed by atoms with E-state index in [0.29, 0.717) is 24.4 Å². The lowest BCUT2D eigenvalue weighted by Crippen LogP contribution is -2.59. The second-order valence-corrected chi connectivity index (χ2v) is 13.6. The molecule has 1 aliphatic heterocycles. The number of methoxy groups -OCH3 is 1. The van der Waals surface area contributed by atoms with Gasteiger partial charge in [0.1, 0.15) is 30.1 Å². The number of Topliss-reactive ketones (excluding diaryl/α,β-unsaturated/α-hetero) is 1. The summed E-state index contributed by atoms with van der Waals surface area (Å²) in [6, 6.07) is 4.67. The van der Waals surface area contributed by atoms with E-state index in [1.165, 1.54) is 0 Å². The van der Waals surface area contributed by atoms with Crippen LogP contribution >= 0.6 is 0 Å². The van der Waals surface area contributed by atoms with Crippen molar-refractivity contribution in [1.82, 2.24) is 20.5 Å². The fourth-order valence-electron chi connectivity index (χ4n) is 6.47. The summed E-state index contributed by atoms with van der Waals surface area (Å²) in [7, 11) is 1.57. The zero-order valence-electron chi connectivity index (χ0n) is 25.3. The molecule has 0 spiro atoms. The molecule has 10 heteroatoms. The van der Waals surface area contributed by atoms with Crippen molar-refractivity contribution in [3.63, 3.8) is 0 Å². The molecule has 41 heavy (non-hydrogen) atoms. The molecule has 3 amide bonds. The SMILES string of the molecule is COc1cccc2[nH]c(C(=O)N[C@@H](CC(C)C)C(=O)N3C[C@H]4[C@@H]([C@H]3C(=O)N[C@H](C(=O)CO)C(C)(C)C)C4(C)C)cc12. The molecule has 10 nitrogen and oxygen atoms in total. The molecule has 1 saturated carbocycles. The number of benzene rings is 1. The molecule has 0 radical (unpaired) electrons. The number of rotatable bonds is 10. The van der Waals surface area contributed by atoms with Crippen molar-refractivity contribution < 1.29 is 29.0 Å². The fourth-order valence-corrected chi connectivity index (χ4v) is 6.47.